The molecule has 3 heteroatoms. The van der Waals surface area contributed by atoms with E-state index < -0.39 is 0 Å². The summed E-state index contributed by atoms with van der Waals surface area (Å²) < 4.78 is 0. The third-order valence-corrected chi connectivity index (χ3v) is 2.53. The van der Waals surface area contributed by atoms with Crippen molar-refractivity contribution in [2.75, 3.05) is 0 Å². The number of hydrogen-bond donors (Lipinski definition) is 0. The third kappa shape index (κ3) is 3.16. The molecule has 1 rings (SSSR count). The van der Waals surface area contributed by atoms with Crippen molar-refractivity contribution >= 4 is 13.3 Å². The van der Waals surface area contributed by atoms with Gasteiger partial charge in [-0.1, -0.05) is 48.1 Å². The highest BCUT2D eigenvalue weighted by Crippen LogP contribution is 2.07. The van der Waals surface area contributed by atoms with Crippen LogP contribution in [0.25, 0.3) is 0 Å². The lowest BCUT2D eigenvalue weighted by molar-refractivity contribution is 0.823. The van der Waals surface area contributed by atoms with Crippen LogP contribution in [-0.2, 0) is 12.8 Å². The summed E-state index contributed by atoms with van der Waals surface area (Å²) in [5.41, 5.74) is 5.90. The van der Waals surface area contributed by atoms with Gasteiger partial charge in [0.1, 0.15) is 7.85 Å². The van der Waals surface area contributed by atoms with Crippen LogP contribution in [0.15, 0.2) is 12.1 Å². The Labute approximate surface area is 87.4 Å². The average Bonchev–Trinajstić information content (AvgIpc) is 2.08. The second-order valence-corrected chi connectivity index (χ2v) is 3.42. The molecule has 0 amide bonds. The zero-order valence-corrected chi connectivity index (χ0v) is 9.57. The molecule has 0 saturated carbocycles. The molecule has 0 aliphatic rings. The van der Waals surface area contributed by atoms with Gasteiger partial charge in [-0.05, 0) is 19.8 Å². The predicted molar refractivity (Wildman–Crippen MR) is 65.3 cm³/mol. The Morgan fingerprint density at radius 2 is 1.36 bits per heavy atom. The summed E-state index contributed by atoms with van der Waals surface area (Å²) in [4.78, 5) is 0. The lowest BCUT2D eigenvalue weighted by atomic mass is 9.83. The minimum absolute atomic E-state index is 0. The molecular formula is C11H21BO2. The molecule has 0 spiro atoms. The Bertz CT molecular complexity index is 260. The van der Waals surface area contributed by atoms with Crippen molar-refractivity contribution in [3.8, 4) is 0 Å². The van der Waals surface area contributed by atoms with Gasteiger partial charge in [-0.2, -0.15) is 0 Å². The fourth-order valence-corrected chi connectivity index (χ4v) is 1.75. The van der Waals surface area contributed by atoms with Gasteiger partial charge in [0.15, 0.2) is 0 Å². The Hall–Kier alpha value is -0.795. The summed E-state index contributed by atoms with van der Waals surface area (Å²) in [5, 5.41) is 0. The maximum atomic E-state index is 2.30. The van der Waals surface area contributed by atoms with E-state index in [1.54, 1.807) is 0 Å². The van der Waals surface area contributed by atoms with E-state index in [0.717, 1.165) is 12.8 Å². The summed E-state index contributed by atoms with van der Waals surface area (Å²) in [7, 11) is 2.23. The van der Waals surface area contributed by atoms with Crippen molar-refractivity contribution in [2.45, 2.75) is 33.6 Å². The van der Waals surface area contributed by atoms with Crippen LogP contribution >= 0.6 is 0 Å². The molecule has 14 heavy (non-hydrogen) atoms. The standard InChI is InChI=1S/C11H17B.2H2O/c1-4-9-6-8(3)7-10(5-2)11(9)12;;/h6-7H,4-5,12H2,1-3H3;2*1H2. The Morgan fingerprint density at radius 1 is 1.00 bits per heavy atom. The number of benzene rings is 1. The summed E-state index contributed by atoms with van der Waals surface area (Å²) in [6.45, 7) is 6.63. The van der Waals surface area contributed by atoms with Gasteiger partial charge >= 0.3 is 0 Å². The molecule has 0 saturated heterocycles. The van der Waals surface area contributed by atoms with E-state index in [0.29, 0.717) is 0 Å². The summed E-state index contributed by atoms with van der Waals surface area (Å²) in [6.07, 6.45) is 2.31. The lowest BCUT2D eigenvalue weighted by Gasteiger charge is -2.10. The summed E-state index contributed by atoms with van der Waals surface area (Å²) >= 11 is 0. The SMILES string of the molecule is Bc1c(CC)cc(C)cc1CC.O.O. The predicted octanol–water partition coefficient (Wildman–Crippen LogP) is -0.271. The molecule has 0 radical (unpaired) electrons. The summed E-state index contributed by atoms with van der Waals surface area (Å²) in [6, 6.07) is 4.60. The topological polar surface area (TPSA) is 63.0 Å². The molecular weight excluding hydrogens is 175 g/mol. The normalized spacial score (nSPS) is 8.79. The van der Waals surface area contributed by atoms with Crippen molar-refractivity contribution in [3.05, 3.63) is 28.8 Å². The van der Waals surface area contributed by atoms with E-state index in [9.17, 15) is 0 Å². The molecule has 0 heterocycles. The second-order valence-electron chi connectivity index (χ2n) is 3.42. The molecule has 4 N–H and O–H groups in total. The molecule has 0 aromatic heterocycles. The van der Waals surface area contributed by atoms with Gasteiger partial charge in [0, 0.05) is 0 Å². The van der Waals surface area contributed by atoms with Crippen LogP contribution in [0.5, 0.6) is 0 Å². The molecule has 1 aromatic carbocycles. The maximum Gasteiger partial charge on any atom is 0.140 e. The molecule has 0 aliphatic carbocycles. The zero-order chi connectivity index (χ0) is 9.14. The zero-order valence-electron chi connectivity index (χ0n) is 9.57. The Balaban J connectivity index is 0. The largest absolute Gasteiger partial charge is 0.412 e. The van der Waals surface area contributed by atoms with Gasteiger partial charge in [-0.3, -0.25) is 0 Å². The highest BCUT2D eigenvalue weighted by molar-refractivity contribution is 6.34. The highest BCUT2D eigenvalue weighted by Gasteiger charge is 2.01. The molecule has 0 atom stereocenters. The van der Waals surface area contributed by atoms with E-state index in [-0.39, 0.29) is 11.0 Å². The summed E-state index contributed by atoms with van der Waals surface area (Å²) in [5.74, 6) is 0. The van der Waals surface area contributed by atoms with E-state index >= 15 is 0 Å². The molecule has 80 valence electrons. The van der Waals surface area contributed by atoms with E-state index in [1.807, 2.05) is 0 Å². The van der Waals surface area contributed by atoms with Crippen molar-refractivity contribution in [2.24, 2.45) is 0 Å². The van der Waals surface area contributed by atoms with Crippen LogP contribution < -0.4 is 5.46 Å². The Kier molecular flexibility index (Phi) is 7.42. The van der Waals surface area contributed by atoms with Gasteiger partial charge in [0.2, 0.25) is 0 Å². The van der Waals surface area contributed by atoms with Crippen molar-refractivity contribution in [1.82, 2.24) is 0 Å². The number of hydrogen-bond acceptors (Lipinski definition) is 0. The minimum atomic E-state index is 0. The van der Waals surface area contributed by atoms with Gasteiger partial charge in [0.05, 0.1) is 0 Å². The molecule has 0 unspecified atom stereocenters. The molecule has 0 bridgehead atoms. The van der Waals surface area contributed by atoms with E-state index in [4.69, 9.17) is 0 Å². The van der Waals surface area contributed by atoms with Crippen LogP contribution in [0.2, 0.25) is 0 Å². The van der Waals surface area contributed by atoms with Gasteiger partial charge < -0.3 is 11.0 Å². The van der Waals surface area contributed by atoms with Crippen LogP contribution in [0, 0.1) is 6.92 Å². The average molecular weight is 196 g/mol. The quantitative estimate of drug-likeness (QED) is 0.584. The van der Waals surface area contributed by atoms with E-state index in [2.05, 4.69) is 40.8 Å². The van der Waals surface area contributed by atoms with Crippen LogP contribution in [0.4, 0.5) is 0 Å². The second kappa shape index (κ2) is 6.63. The fourth-order valence-electron chi connectivity index (χ4n) is 1.75. The van der Waals surface area contributed by atoms with E-state index in [1.165, 1.54) is 22.2 Å². The van der Waals surface area contributed by atoms with Crippen LogP contribution in [0.1, 0.15) is 30.5 Å². The van der Waals surface area contributed by atoms with Crippen molar-refractivity contribution < 1.29 is 11.0 Å². The van der Waals surface area contributed by atoms with Gasteiger partial charge in [-0.25, -0.2) is 0 Å². The Morgan fingerprint density at radius 3 is 1.64 bits per heavy atom. The minimum Gasteiger partial charge on any atom is -0.412 e. The monoisotopic (exact) mass is 196 g/mol. The first-order valence-electron chi connectivity index (χ1n) is 4.78. The van der Waals surface area contributed by atoms with Crippen LogP contribution in [0.3, 0.4) is 0 Å². The first-order valence-corrected chi connectivity index (χ1v) is 4.78. The maximum absolute atomic E-state index is 2.30. The molecule has 0 fully saturated rings. The van der Waals surface area contributed by atoms with Gasteiger partial charge in [0.25, 0.3) is 0 Å². The lowest BCUT2D eigenvalue weighted by Crippen LogP contribution is -2.15. The smallest absolute Gasteiger partial charge is 0.140 e. The molecule has 0 aliphatic heterocycles. The highest BCUT2D eigenvalue weighted by atomic mass is 16.0. The molecule has 1 aromatic rings. The van der Waals surface area contributed by atoms with Gasteiger partial charge in [-0.15, -0.1) is 0 Å². The first-order chi connectivity index (χ1) is 5.69. The van der Waals surface area contributed by atoms with Crippen molar-refractivity contribution in [1.29, 1.82) is 0 Å². The van der Waals surface area contributed by atoms with Crippen molar-refractivity contribution in [3.63, 3.8) is 0 Å². The first kappa shape index (κ1) is 15.7. The molecule has 2 nitrogen and oxygen atoms in total. The van der Waals surface area contributed by atoms with Crippen LogP contribution in [-0.4, -0.2) is 18.8 Å². The number of aryl methyl sites for hydroxylation is 3. The fraction of sp³-hybridized carbons (Fsp3) is 0.455. The third-order valence-electron chi connectivity index (χ3n) is 2.53. The number of rotatable bonds is 2.